The summed E-state index contributed by atoms with van der Waals surface area (Å²) in [6.07, 6.45) is 0.669. The number of hydrogen-bond donors (Lipinski definition) is 2. The Kier molecular flexibility index (Phi) is 6.24. The predicted molar refractivity (Wildman–Crippen MR) is 108 cm³/mol. The number of carbonyl (C=O) groups is 1. The normalized spacial score (nSPS) is 22.0. The maximum absolute atomic E-state index is 14.5. The molecule has 0 saturated carbocycles. The molecule has 1 amide bonds. The molecule has 1 saturated heterocycles. The average molecular weight is 425 g/mol. The average Bonchev–Trinajstić information content (AvgIpc) is 3.02. The molecule has 3 rings (SSSR count). The molecule has 1 aliphatic heterocycles. The van der Waals surface area contributed by atoms with Gasteiger partial charge in [0.1, 0.15) is 5.82 Å². The van der Waals surface area contributed by atoms with Crippen molar-refractivity contribution >= 4 is 23.2 Å². The van der Waals surface area contributed by atoms with Gasteiger partial charge in [-0.3, -0.25) is 4.79 Å². The van der Waals surface area contributed by atoms with Gasteiger partial charge in [0.25, 0.3) is 0 Å². The van der Waals surface area contributed by atoms with Crippen LogP contribution in [0, 0.1) is 28.8 Å². The zero-order valence-electron chi connectivity index (χ0n) is 16.5. The summed E-state index contributed by atoms with van der Waals surface area (Å²) in [5.74, 6) is -3.97. The lowest BCUT2D eigenvalue weighted by Gasteiger charge is -2.29. The van der Waals surface area contributed by atoms with Crippen molar-refractivity contribution in [2.45, 2.75) is 39.2 Å². The van der Waals surface area contributed by atoms with E-state index >= 15 is 0 Å². The van der Waals surface area contributed by atoms with Gasteiger partial charge in [0.05, 0.1) is 10.9 Å². The molecule has 0 radical (unpaired) electrons. The summed E-state index contributed by atoms with van der Waals surface area (Å²) >= 11 is 5.81. The molecule has 0 bridgehead atoms. The van der Waals surface area contributed by atoms with Crippen LogP contribution in [0.2, 0.25) is 5.02 Å². The summed E-state index contributed by atoms with van der Waals surface area (Å²) in [6.45, 7) is 6.52. The number of nitrogens with one attached hydrogen (secondary N) is 2. The Balaban J connectivity index is 1.93. The molecular weight excluding hydrogens is 401 g/mol. The number of carbonyl (C=O) groups excluding carboxylic acids is 1. The highest BCUT2D eigenvalue weighted by molar-refractivity contribution is 6.31. The molecule has 1 fully saturated rings. The van der Waals surface area contributed by atoms with Gasteiger partial charge in [-0.2, -0.15) is 0 Å². The minimum atomic E-state index is -0.939. The SMILES string of the molecule is CC(C)(C)CC1NCC(c2cccc(F)c2F)C1C(=O)Nc1ccc(F)c(Cl)c1. The van der Waals surface area contributed by atoms with Crippen molar-refractivity contribution in [1.82, 2.24) is 5.32 Å². The van der Waals surface area contributed by atoms with Gasteiger partial charge in [-0.1, -0.05) is 44.5 Å². The topological polar surface area (TPSA) is 41.1 Å². The summed E-state index contributed by atoms with van der Waals surface area (Å²) in [4.78, 5) is 13.2. The van der Waals surface area contributed by atoms with Gasteiger partial charge in [0.2, 0.25) is 5.91 Å². The van der Waals surface area contributed by atoms with Crippen LogP contribution < -0.4 is 10.6 Å². The summed E-state index contributed by atoms with van der Waals surface area (Å²) in [7, 11) is 0. The van der Waals surface area contributed by atoms with Gasteiger partial charge in [0.15, 0.2) is 11.6 Å². The highest BCUT2D eigenvalue weighted by atomic mass is 35.5. The van der Waals surface area contributed by atoms with Gasteiger partial charge >= 0.3 is 0 Å². The van der Waals surface area contributed by atoms with E-state index in [2.05, 4.69) is 31.4 Å². The van der Waals surface area contributed by atoms with Gasteiger partial charge in [-0.15, -0.1) is 0 Å². The maximum atomic E-state index is 14.5. The molecule has 0 spiro atoms. The Morgan fingerprint density at radius 3 is 2.55 bits per heavy atom. The van der Waals surface area contributed by atoms with Crippen LogP contribution in [-0.4, -0.2) is 18.5 Å². The Hall–Kier alpha value is -2.05. The third kappa shape index (κ3) is 4.93. The van der Waals surface area contributed by atoms with Crippen LogP contribution in [0.15, 0.2) is 36.4 Å². The van der Waals surface area contributed by atoms with Crippen molar-refractivity contribution in [1.29, 1.82) is 0 Å². The van der Waals surface area contributed by atoms with Crippen molar-refractivity contribution in [2.24, 2.45) is 11.3 Å². The Labute approximate surface area is 173 Å². The molecule has 29 heavy (non-hydrogen) atoms. The molecule has 2 aromatic rings. The lowest BCUT2D eigenvalue weighted by Crippen LogP contribution is -2.38. The molecule has 1 heterocycles. The van der Waals surface area contributed by atoms with Crippen LogP contribution in [0.3, 0.4) is 0 Å². The van der Waals surface area contributed by atoms with Gasteiger partial charge in [-0.25, -0.2) is 13.2 Å². The van der Waals surface area contributed by atoms with E-state index in [4.69, 9.17) is 11.6 Å². The van der Waals surface area contributed by atoms with Crippen LogP contribution in [0.25, 0.3) is 0 Å². The number of amides is 1. The second-order valence-corrected chi connectivity index (χ2v) is 9.08. The number of rotatable bonds is 4. The smallest absolute Gasteiger partial charge is 0.229 e. The fourth-order valence-corrected chi connectivity index (χ4v) is 4.13. The number of anilines is 1. The first-order valence-corrected chi connectivity index (χ1v) is 9.88. The van der Waals surface area contributed by atoms with E-state index in [1.807, 2.05) is 0 Å². The lowest BCUT2D eigenvalue weighted by molar-refractivity contribution is -0.120. The minimum absolute atomic E-state index is 0.0786. The van der Waals surface area contributed by atoms with Crippen molar-refractivity contribution in [2.75, 3.05) is 11.9 Å². The minimum Gasteiger partial charge on any atom is -0.326 e. The fraction of sp³-hybridized carbons (Fsp3) is 0.409. The second kappa shape index (κ2) is 8.36. The molecular formula is C22H24ClF3N2O. The standard InChI is InChI=1S/C22H24ClF3N2O/c1-22(2,3)10-18-19(21(29)28-12-7-8-16(24)15(23)9-12)14(11-27-18)13-5-4-6-17(25)20(13)26/h4-9,14,18-19,27H,10-11H2,1-3H3,(H,28,29). The quantitative estimate of drug-likeness (QED) is 0.680. The van der Waals surface area contributed by atoms with Gasteiger partial charge < -0.3 is 10.6 Å². The van der Waals surface area contributed by atoms with Crippen molar-refractivity contribution < 1.29 is 18.0 Å². The highest BCUT2D eigenvalue weighted by Gasteiger charge is 2.44. The van der Waals surface area contributed by atoms with Crippen LogP contribution in [0.1, 0.15) is 38.7 Å². The van der Waals surface area contributed by atoms with Gasteiger partial charge in [0, 0.05) is 24.2 Å². The largest absolute Gasteiger partial charge is 0.326 e. The third-order valence-electron chi connectivity index (χ3n) is 5.17. The van der Waals surface area contributed by atoms with Crippen LogP contribution in [0.4, 0.5) is 18.9 Å². The number of benzene rings is 2. The first-order valence-electron chi connectivity index (χ1n) is 9.50. The van der Waals surface area contributed by atoms with Gasteiger partial charge in [-0.05, 0) is 41.7 Å². The van der Waals surface area contributed by atoms with E-state index in [-0.39, 0.29) is 28.0 Å². The van der Waals surface area contributed by atoms with E-state index < -0.39 is 29.3 Å². The van der Waals surface area contributed by atoms with E-state index in [0.717, 1.165) is 6.07 Å². The molecule has 0 aromatic heterocycles. The number of hydrogen-bond acceptors (Lipinski definition) is 2. The zero-order valence-corrected chi connectivity index (χ0v) is 17.3. The van der Waals surface area contributed by atoms with Crippen LogP contribution in [-0.2, 0) is 4.79 Å². The summed E-state index contributed by atoms with van der Waals surface area (Å²) in [6, 6.07) is 7.70. The van der Waals surface area contributed by atoms with Crippen molar-refractivity contribution in [3.05, 3.63) is 64.4 Å². The molecule has 3 atom stereocenters. The van der Waals surface area contributed by atoms with E-state index in [1.54, 1.807) is 0 Å². The summed E-state index contributed by atoms with van der Waals surface area (Å²) in [5, 5.41) is 5.96. The van der Waals surface area contributed by atoms with Crippen molar-refractivity contribution in [3.8, 4) is 0 Å². The monoisotopic (exact) mass is 424 g/mol. The molecule has 3 unspecified atom stereocenters. The fourth-order valence-electron chi connectivity index (χ4n) is 3.95. The Morgan fingerprint density at radius 1 is 1.17 bits per heavy atom. The van der Waals surface area contributed by atoms with Crippen LogP contribution in [0.5, 0.6) is 0 Å². The maximum Gasteiger partial charge on any atom is 0.229 e. The predicted octanol–water partition coefficient (Wildman–Crippen LogP) is 5.50. The Morgan fingerprint density at radius 2 is 1.90 bits per heavy atom. The third-order valence-corrected chi connectivity index (χ3v) is 5.46. The van der Waals surface area contributed by atoms with Crippen LogP contribution >= 0.6 is 11.6 Å². The summed E-state index contributed by atoms with van der Waals surface area (Å²) < 4.78 is 41.7. The highest BCUT2D eigenvalue weighted by Crippen LogP contribution is 2.39. The van der Waals surface area contributed by atoms with E-state index in [0.29, 0.717) is 18.7 Å². The first kappa shape index (κ1) is 21.7. The molecule has 2 aromatic carbocycles. The molecule has 7 heteroatoms. The van der Waals surface area contributed by atoms with E-state index in [9.17, 15) is 18.0 Å². The molecule has 3 nitrogen and oxygen atoms in total. The molecule has 2 N–H and O–H groups in total. The molecule has 156 valence electrons. The molecule has 0 aliphatic carbocycles. The second-order valence-electron chi connectivity index (χ2n) is 8.67. The summed E-state index contributed by atoms with van der Waals surface area (Å²) in [5.41, 5.74) is 0.442. The molecule has 1 aliphatic rings. The van der Waals surface area contributed by atoms with Crippen molar-refractivity contribution in [3.63, 3.8) is 0 Å². The number of halogens is 4. The zero-order chi connectivity index (χ0) is 21.3. The lowest BCUT2D eigenvalue weighted by atomic mass is 9.78. The Bertz CT molecular complexity index is 913. The van der Waals surface area contributed by atoms with E-state index in [1.165, 1.54) is 30.3 Å². The first-order chi connectivity index (χ1) is 13.6.